The number of fused-ring (bicyclic) bond motifs is 1. The average molecular weight is 472 g/mol. The topological polar surface area (TPSA) is 127 Å². The van der Waals surface area contributed by atoms with Gasteiger partial charge in [0.2, 0.25) is 17.6 Å². The summed E-state index contributed by atoms with van der Waals surface area (Å²) in [6.45, 7) is 3.98. The summed E-state index contributed by atoms with van der Waals surface area (Å²) in [7, 11) is 0. The van der Waals surface area contributed by atoms with Gasteiger partial charge in [-0.05, 0) is 25.5 Å². The van der Waals surface area contributed by atoms with Gasteiger partial charge >= 0.3 is 0 Å². The number of hydrogen-bond donors (Lipinski definition) is 2. The molecule has 2 N–H and O–H groups in total. The number of carbonyl (C=O) groups excluding carboxylic acids is 2. The Morgan fingerprint density at radius 1 is 1.24 bits per heavy atom. The van der Waals surface area contributed by atoms with Gasteiger partial charge in [0.25, 0.3) is 5.91 Å². The Balaban J connectivity index is 0.00000306. The molecule has 1 aliphatic heterocycles. The van der Waals surface area contributed by atoms with Crippen molar-refractivity contribution in [3.63, 3.8) is 0 Å². The molecule has 4 rings (SSSR count). The summed E-state index contributed by atoms with van der Waals surface area (Å²) >= 11 is 0. The summed E-state index contributed by atoms with van der Waals surface area (Å²) in [5, 5.41) is 17.8. The highest BCUT2D eigenvalue weighted by atomic mass is 35.5. The Kier molecular flexibility index (Phi) is 8.31. The molecule has 1 atom stereocenters. The zero-order valence-electron chi connectivity index (χ0n) is 18.2. The fourth-order valence-electron chi connectivity index (χ4n) is 3.53. The lowest BCUT2D eigenvalue weighted by Crippen LogP contribution is -2.28. The van der Waals surface area contributed by atoms with E-state index in [1.807, 2.05) is 54.1 Å². The molecule has 11 heteroatoms. The molecule has 3 heterocycles. The van der Waals surface area contributed by atoms with Gasteiger partial charge in [-0.25, -0.2) is 0 Å². The first-order chi connectivity index (χ1) is 15.7. The van der Waals surface area contributed by atoms with Crippen LogP contribution in [0.1, 0.15) is 25.7 Å². The minimum atomic E-state index is -0.365. The van der Waals surface area contributed by atoms with Crippen molar-refractivity contribution >= 4 is 24.2 Å². The van der Waals surface area contributed by atoms with Gasteiger partial charge < -0.3 is 19.7 Å². The quantitative estimate of drug-likeness (QED) is 0.513. The van der Waals surface area contributed by atoms with E-state index in [9.17, 15) is 9.59 Å². The number of aryl methyl sites for hydroxylation is 2. The van der Waals surface area contributed by atoms with E-state index in [1.54, 1.807) is 0 Å². The Hall–Kier alpha value is -3.53. The number of aromatic nitrogens is 3. The van der Waals surface area contributed by atoms with Gasteiger partial charge in [0.05, 0.1) is 11.6 Å². The number of azo groups is 1. The Morgan fingerprint density at radius 2 is 2.12 bits per heavy atom. The highest BCUT2D eigenvalue weighted by Gasteiger charge is 2.26. The van der Waals surface area contributed by atoms with Crippen molar-refractivity contribution in [2.75, 3.05) is 13.1 Å². The molecule has 0 saturated carbocycles. The third-order valence-corrected chi connectivity index (χ3v) is 5.22. The van der Waals surface area contributed by atoms with Crippen LogP contribution in [0.15, 0.2) is 68.8 Å². The van der Waals surface area contributed by atoms with Gasteiger partial charge in [0, 0.05) is 44.2 Å². The predicted octanol–water partition coefficient (Wildman–Crippen LogP) is 2.95. The van der Waals surface area contributed by atoms with E-state index in [1.165, 1.54) is 0 Å². The molecule has 1 aliphatic carbocycles. The molecule has 1 unspecified atom stereocenters. The first-order valence-corrected chi connectivity index (χ1v) is 10.7. The normalized spacial score (nSPS) is 16.5. The number of nitrogens with zero attached hydrogens (tertiary/aromatic N) is 5. The van der Waals surface area contributed by atoms with Crippen LogP contribution in [0.3, 0.4) is 0 Å². The van der Waals surface area contributed by atoms with Gasteiger partial charge in [-0.15, -0.1) is 22.6 Å². The van der Waals surface area contributed by atoms with Crippen LogP contribution >= 0.6 is 12.4 Å². The lowest BCUT2D eigenvalue weighted by atomic mass is 9.93. The molecule has 0 spiro atoms. The van der Waals surface area contributed by atoms with Gasteiger partial charge in [0.15, 0.2) is 5.82 Å². The third-order valence-electron chi connectivity index (χ3n) is 5.22. The molecule has 0 fully saturated rings. The van der Waals surface area contributed by atoms with E-state index in [-0.39, 0.29) is 36.6 Å². The largest absolute Gasteiger partial charge is 0.368 e. The standard InChI is InChI=1S/C22H25N7O3.ClH/c1-2-29-14-5-9-17(29)21-25-19(32-28-21)11-10-18(30)23-12-6-13-24-20-15-7-3-4-8-16(15)22(31)27-26-20;/h3-5,7-9,14,16,24H,2,6,10-13H2,1H3,(H,23,30);1H. The first-order valence-electron chi connectivity index (χ1n) is 10.7. The second-order valence-electron chi connectivity index (χ2n) is 7.39. The van der Waals surface area contributed by atoms with Crippen LogP contribution in [0, 0.1) is 5.92 Å². The number of rotatable bonds is 10. The highest BCUT2D eigenvalue weighted by molar-refractivity contribution is 5.86. The van der Waals surface area contributed by atoms with Gasteiger partial charge in [-0.1, -0.05) is 29.5 Å². The average Bonchev–Trinajstić information content (AvgIpc) is 3.48. The van der Waals surface area contributed by atoms with Gasteiger partial charge in [-0.2, -0.15) is 4.98 Å². The molecule has 0 aromatic carbocycles. The molecule has 0 saturated heterocycles. The zero-order chi connectivity index (χ0) is 22.3. The van der Waals surface area contributed by atoms with E-state index in [0.29, 0.717) is 43.5 Å². The third kappa shape index (κ3) is 5.83. The maximum atomic E-state index is 12.1. The minimum Gasteiger partial charge on any atom is -0.368 e. The van der Waals surface area contributed by atoms with Crippen LogP contribution in [0.25, 0.3) is 11.5 Å². The van der Waals surface area contributed by atoms with Crippen LogP contribution in [0.4, 0.5) is 0 Å². The molecule has 2 aromatic rings. The van der Waals surface area contributed by atoms with Crippen LogP contribution in [-0.4, -0.2) is 39.6 Å². The lowest BCUT2D eigenvalue weighted by molar-refractivity contribution is -0.121. The van der Waals surface area contributed by atoms with Crippen LogP contribution < -0.4 is 10.6 Å². The number of nitrogens with one attached hydrogen (secondary N) is 2. The van der Waals surface area contributed by atoms with Crippen molar-refractivity contribution in [1.82, 2.24) is 25.3 Å². The van der Waals surface area contributed by atoms with Gasteiger partial charge in [0.1, 0.15) is 0 Å². The number of hydrogen-bond acceptors (Lipinski definition) is 7. The van der Waals surface area contributed by atoms with Crippen molar-refractivity contribution in [3.05, 3.63) is 59.9 Å². The monoisotopic (exact) mass is 471 g/mol. The fraction of sp³-hybridized carbons (Fsp3) is 0.364. The molecule has 2 amide bonds. The smallest absolute Gasteiger partial charge is 0.276 e. The van der Waals surface area contributed by atoms with E-state index in [4.69, 9.17) is 4.52 Å². The maximum Gasteiger partial charge on any atom is 0.276 e. The molecule has 0 radical (unpaired) electrons. The summed E-state index contributed by atoms with van der Waals surface area (Å²) in [4.78, 5) is 28.3. The highest BCUT2D eigenvalue weighted by Crippen LogP contribution is 2.27. The summed E-state index contributed by atoms with van der Waals surface area (Å²) in [5.74, 6) is 0.869. The molecular formula is C22H26ClN7O3. The summed E-state index contributed by atoms with van der Waals surface area (Å²) in [5.41, 5.74) is 1.71. The van der Waals surface area contributed by atoms with Crippen molar-refractivity contribution in [2.24, 2.45) is 16.1 Å². The molecule has 2 aliphatic rings. The summed E-state index contributed by atoms with van der Waals surface area (Å²) in [6.07, 6.45) is 10.7. The Morgan fingerprint density at radius 3 is 2.97 bits per heavy atom. The number of amides is 2. The maximum absolute atomic E-state index is 12.1. The first kappa shape index (κ1) is 24.1. The van der Waals surface area contributed by atoms with Crippen molar-refractivity contribution in [2.45, 2.75) is 32.7 Å². The number of carbonyl (C=O) groups is 2. The van der Waals surface area contributed by atoms with Crippen LogP contribution in [-0.2, 0) is 22.6 Å². The predicted molar refractivity (Wildman–Crippen MR) is 123 cm³/mol. The van der Waals surface area contributed by atoms with E-state index in [0.717, 1.165) is 17.8 Å². The van der Waals surface area contributed by atoms with Crippen molar-refractivity contribution in [3.8, 4) is 11.5 Å². The number of halogens is 1. The molecule has 174 valence electrons. The minimum absolute atomic E-state index is 0. The summed E-state index contributed by atoms with van der Waals surface area (Å²) < 4.78 is 7.30. The summed E-state index contributed by atoms with van der Waals surface area (Å²) in [6, 6.07) is 3.87. The molecule has 0 bridgehead atoms. The zero-order valence-corrected chi connectivity index (χ0v) is 19.0. The van der Waals surface area contributed by atoms with E-state index < -0.39 is 0 Å². The molecular weight excluding hydrogens is 446 g/mol. The Bertz CT molecular complexity index is 1110. The van der Waals surface area contributed by atoms with Crippen LogP contribution in [0.5, 0.6) is 0 Å². The molecule has 2 aromatic heterocycles. The second-order valence-corrected chi connectivity index (χ2v) is 7.39. The lowest BCUT2D eigenvalue weighted by Gasteiger charge is -2.20. The number of allylic oxidation sites excluding steroid dienone is 3. The van der Waals surface area contributed by atoms with Crippen molar-refractivity contribution in [1.29, 1.82) is 0 Å². The fourth-order valence-corrected chi connectivity index (χ4v) is 3.53. The second kappa shape index (κ2) is 11.4. The van der Waals surface area contributed by atoms with E-state index >= 15 is 0 Å². The Labute approximate surface area is 197 Å². The SMILES string of the molecule is CCn1cccc1-c1noc(CCC(=O)NCCCNC2=C3C=CC=CC3C(=O)N=N2)n1.Cl. The van der Waals surface area contributed by atoms with Gasteiger partial charge in [-0.3, -0.25) is 9.59 Å². The van der Waals surface area contributed by atoms with Crippen LogP contribution in [0.2, 0.25) is 0 Å². The van der Waals surface area contributed by atoms with Crippen molar-refractivity contribution < 1.29 is 14.1 Å². The molecule has 33 heavy (non-hydrogen) atoms. The molecule has 10 nitrogen and oxygen atoms in total. The van der Waals surface area contributed by atoms with E-state index in [2.05, 4.69) is 31.0 Å².